The number of aliphatic hydroxyl groups is 1. The Morgan fingerprint density at radius 3 is 2.83 bits per heavy atom. The van der Waals surface area contributed by atoms with Gasteiger partial charge in [0.15, 0.2) is 8.32 Å². The molecule has 0 aromatic rings. The maximum Gasteiger partial charge on any atom is 0.187 e. The van der Waals surface area contributed by atoms with Crippen LogP contribution in [-0.4, -0.2) is 25.6 Å². The van der Waals surface area contributed by atoms with Crippen LogP contribution in [0.2, 0.25) is 19.1 Å². The maximum absolute atomic E-state index is 9.72. The topological polar surface area (TPSA) is 29.5 Å². The van der Waals surface area contributed by atoms with Crippen molar-refractivity contribution in [3.05, 3.63) is 0 Å². The summed E-state index contributed by atoms with van der Waals surface area (Å²) >= 11 is 0. The largest absolute Gasteiger partial charge is 0.414 e. The Morgan fingerprint density at radius 1 is 1.33 bits per heavy atom. The number of hydrogen-bond acceptors (Lipinski definition) is 2. The standard InChI is InChI=1S/C9H18O2Si/c1-12(2)6-7-5-8(11-12)3-4-9(7)10/h7-10H,3-6H2,1-2H3/t7?,8-,9+/m1/s1. The van der Waals surface area contributed by atoms with E-state index in [1.807, 2.05) is 0 Å². The Morgan fingerprint density at radius 2 is 2.08 bits per heavy atom. The van der Waals surface area contributed by atoms with Gasteiger partial charge in [0.1, 0.15) is 0 Å². The highest BCUT2D eigenvalue weighted by molar-refractivity contribution is 6.71. The molecule has 2 aliphatic rings. The molecule has 2 rings (SSSR count). The Bertz CT molecular complexity index is 181. The number of hydrogen-bond donors (Lipinski definition) is 1. The van der Waals surface area contributed by atoms with Crippen molar-refractivity contribution in [1.29, 1.82) is 0 Å². The molecule has 1 saturated carbocycles. The van der Waals surface area contributed by atoms with Crippen molar-refractivity contribution in [3.8, 4) is 0 Å². The first-order valence-electron chi connectivity index (χ1n) is 4.93. The van der Waals surface area contributed by atoms with E-state index in [1.54, 1.807) is 0 Å². The molecule has 0 aromatic carbocycles. The summed E-state index contributed by atoms with van der Waals surface area (Å²) in [6.07, 6.45) is 3.59. The molecule has 2 nitrogen and oxygen atoms in total. The molecule has 3 atom stereocenters. The van der Waals surface area contributed by atoms with Crippen molar-refractivity contribution >= 4 is 8.32 Å². The first kappa shape index (κ1) is 8.72. The van der Waals surface area contributed by atoms with Crippen LogP contribution in [0.15, 0.2) is 0 Å². The minimum atomic E-state index is -1.39. The van der Waals surface area contributed by atoms with Crippen LogP contribution in [0.25, 0.3) is 0 Å². The van der Waals surface area contributed by atoms with E-state index in [-0.39, 0.29) is 6.10 Å². The molecule has 1 aliphatic heterocycles. The summed E-state index contributed by atoms with van der Waals surface area (Å²) in [5.74, 6) is 0.555. The molecule has 1 N–H and O–H groups in total. The van der Waals surface area contributed by atoms with Gasteiger partial charge in [-0.25, -0.2) is 0 Å². The van der Waals surface area contributed by atoms with Crippen LogP contribution in [-0.2, 0) is 4.43 Å². The third-order valence-corrected chi connectivity index (χ3v) is 5.61. The smallest absolute Gasteiger partial charge is 0.187 e. The minimum absolute atomic E-state index is 0.0306. The van der Waals surface area contributed by atoms with E-state index >= 15 is 0 Å². The normalized spacial score (nSPS) is 45.8. The summed E-state index contributed by atoms with van der Waals surface area (Å²) in [5.41, 5.74) is 0. The minimum Gasteiger partial charge on any atom is -0.414 e. The first-order valence-corrected chi connectivity index (χ1v) is 8.04. The molecule has 1 unspecified atom stereocenters. The Labute approximate surface area is 75.1 Å². The Balaban J connectivity index is 2.09. The molecule has 3 heteroatoms. The highest BCUT2D eigenvalue weighted by atomic mass is 28.4. The predicted molar refractivity (Wildman–Crippen MR) is 50.5 cm³/mol. The second-order valence-electron chi connectivity index (χ2n) is 4.84. The number of rotatable bonds is 0. The third-order valence-electron chi connectivity index (χ3n) is 3.13. The van der Waals surface area contributed by atoms with E-state index in [0.717, 1.165) is 25.3 Å². The van der Waals surface area contributed by atoms with Gasteiger partial charge in [0.25, 0.3) is 0 Å². The second kappa shape index (κ2) is 2.82. The van der Waals surface area contributed by atoms with Crippen LogP contribution < -0.4 is 0 Å². The van der Waals surface area contributed by atoms with Crippen molar-refractivity contribution in [3.63, 3.8) is 0 Å². The van der Waals surface area contributed by atoms with Gasteiger partial charge in [0.05, 0.1) is 6.10 Å². The lowest BCUT2D eigenvalue weighted by Crippen LogP contribution is -2.49. The lowest BCUT2D eigenvalue weighted by atomic mass is 9.86. The van der Waals surface area contributed by atoms with E-state index in [9.17, 15) is 5.11 Å². The zero-order chi connectivity index (χ0) is 8.77. The zero-order valence-electron chi connectivity index (χ0n) is 7.92. The van der Waals surface area contributed by atoms with Crippen molar-refractivity contribution in [2.75, 3.05) is 0 Å². The molecule has 0 radical (unpaired) electrons. The fourth-order valence-electron chi connectivity index (χ4n) is 2.66. The molecule has 2 bridgehead atoms. The van der Waals surface area contributed by atoms with Gasteiger partial charge in [0.2, 0.25) is 0 Å². The lowest BCUT2D eigenvalue weighted by molar-refractivity contribution is -0.000291. The van der Waals surface area contributed by atoms with Gasteiger partial charge in [0, 0.05) is 6.10 Å². The molecule has 1 heterocycles. The van der Waals surface area contributed by atoms with E-state index in [0.29, 0.717) is 12.0 Å². The van der Waals surface area contributed by atoms with Gasteiger partial charge in [-0.15, -0.1) is 0 Å². The van der Waals surface area contributed by atoms with E-state index in [2.05, 4.69) is 13.1 Å². The fourth-order valence-corrected chi connectivity index (χ4v) is 5.58. The van der Waals surface area contributed by atoms with Crippen molar-refractivity contribution in [2.45, 2.75) is 50.6 Å². The van der Waals surface area contributed by atoms with Crippen LogP contribution in [0, 0.1) is 5.92 Å². The van der Waals surface area contributed by atoms with Gasteiger partial charge in [-0.2, -0.15) is 0 Å². The predicted octanol–water partition coefficient (Wildman–Crippen LogP) is 1.75. The number of fused-ring (bicyclic) bond motifs is 2. The molecule has 0 spiro atoms. The summed E-state index contributed by atoms with van der Waals surface area (Å²) in [5, 5.41) is 9.72. The van der Waals surface area contributed by atoms with E-state index in [4.69, 9.17) is 4.43 Å². The summed E-state index contributed by atoms with van der Waals surface area (Å²) in [6, 6.07) is 1.16. The quantitative estimate of drug-likeness (QED) is 0.584. The first-order chi connectivity index (χ1) is 5.57. The molecular formula is C9H18O2Si. The van der Waals surface area contributed by atoms with Crippen LogP contribution >= 0.6 is 0 Å². The van der Waals surface area contributed by atoms with Gasteiger partial charge in [-0.1, -0.05) is 0 Å². The van der Waals surface area contributed by atoms with E-state index in [1.165, 1.54) is 0 Å². The third kappa shape index (κ3) is 1.58. The van der Waals surface area contributed by atoms with Crippen molar-refractivity contribution in [2.24, 2.45) is 5.92 Å². The average molecular weight is 186 g/mol. The molecule has 2 fully saturated rings. The summed E-state index contributed by atoms with van der Waals surface area (Å²) in [7, 11) is -1.39. The number of aliphatic hydroxyl groups excluding tert-OH is 1. The average Bonchev–Trinajstić information content (AvgIpc) is 1.95. The molecular weight excluding hydrogens is 168 g/mol. The maximum atomic E-state index is 9.72. The lowest BCUT2D eigenvalue weighted by Gasteiger charge is -2.45. The summed E-state index contributed by atoms with van der Waals surface area (Å²) in [6.45, 7) is 4.54. The van der Waals surface area contributed by atoms with Gasteiger partial charge in [-0.3, -0.25) is 0 Å². The molecule has 0 amide bonds. The highest BCUT2D eigenvalue weighted by Crippen LogP contribution is 2.39. The van der Waals surface area contributed by atoms with E-state index < -0.39 is 8.32 Å². The highest BCUT2D eigenvalue weighted by Gasteiger charge is 2.42. The van der Waals surface area contributed by atoms with Crippen LogP contribution in [0.1, 0.15) is 19.3 Å². The second-order valence-corrected chi connectivity index (χ2v) is 9.01. The zero-order valence-corrected chi connectivity index (χ0v) is 8.92. The van der Waals surface area contributed by atoms with Crippen LogP contribution in [0.5, 0.6) is 0 Å². The monoisotopic (exact) mass is 186 g/mol. The Hall–Kier alpha value is 0.137. The summed E-state index contributed by atoms with van der Waals surface area (Å²) in [4.78, 5) is 0. The molecule has 70 valence electrons. The van der Waals surface area contributed by atoms with Crippen LogP contribution in [0.3, 0.4) is 0 Å². The molecule has 12 heavy (non-hydrogen) atoms. The molecule has 1 saturated heterocycles. The van der Waals surface area contributed by atoms with Gasteiger partial charge < -0.3 is 9.53 Å². The van der Waals surface area contributed by atoms with Crippen molar-refractivity contribution < 1.29 is 9.53 Å². The van der Waals surface area contributed by atoms with Crippen molar-refractivity contribution in [1.82, 2.24) is 0 Å². The summed E-state index contributed by atoms with van der Waals surface area (Å²) < 4.78 is 6.02. The molecule has 0 aromatic heterocycles. The SMILES string of the molecule is C[Si]1(C)CC2C[C@@H](CC[C@@H]2O)O1. The van der Waals surface area contributed by atoms with Gasteiger partial charge in [-0.05, 0) is 44.3 Å². The fraction of sp³-hybridized carbons (Fsp3) is 1.00. The Kier molecular flexibility index (Phi) is 2.05. The van der Waals surface area contributed by atoms with Crippen LogP contribution in [0.4, 0.5) is 0 Å². The van der Waals surface area contributed by atoms with Gasteiger partial charge >= 0.3 is 0 Å². The molecule has 1 aliphatic carbocycles.